The third-order valence-corrected chi connectivity index (χ3v) is 5.87. The molecule has 0 aromatic heterocycles. The third-order valence-electron chi connectivity index (χ3n) is 5.87. The number of benzene rings is 3. The van der Waals surface area contributed by atoms with Crippen LogP contribution < -0.4 is 4.74 Å². The van der Waals surface area contributed by atoms with E-state index in [9.17, 15) is 13.2 Å². The van der Waals surface area contributed by atoms with Gasteiger partial charge in [-0.3, -0.25) is 0 Å². The van der Waals surface area contributed by atoms with Crippen LogP contribution in [0.3, 0.4) is 0 Å². The summed E-state index contributed by atoms with van der Waals surface area (Å²) in [6, 6.07) is 12.0. The SMILES string of the molecule is CCCCCc1ccc2c(c1)CCc1c-2cc(F)c(-c2ccc(OC(F)(F)F)cc2)c1F. The Labute approximate surface area is 183 Å². The van der Waals surface area contributed by atoms with Gasteiger partial charge in [0.15, 0.2) is 0 Å². The number of rotatable bonds is 6. The first-order valence-corrected chi connectivity index (χ1v) is 10.8. The summed E-state index contributed by atoms with van der Waals surface area (Å²) in [5.41, 5.74) is 4.07. The van der Waals surface area contributed by atoms with Crippen molar-refractivity contribution in [2.24, 2.45) is 0 Å². The molecule has 0 saturated carbocycles. The molecule has 0 heterocycles. The third kappa shape index (κ3) is 4.64. The van der Waals surface area contributed by atoms with Gasteiger partial charge in [0.1, 0.15) is 17.4 Å². The molecule has 3 aromatic rings. The van der Waals surface area contributed by atoms with Gasteiger partial charge in [-0.2, -0.15) is 0 Å². The largest absolute Gasteiger partial charge is 0.573 e. The number of ether oxygens (including phenoxy) is 1. The van der Waals surface area contributed by atoms with Gasteiger partial charge < -0.3 is 4.74 Å². The Hall–Kier alpha value is -2.89. The normalized spacial score (nSPS) is 12.9. The van der Waals surface area contributed by atoms with Gasteiger partial charge in [0.2, 0.25) is 0 Å². The van der Waals surface area contributed by atoms with E-state index in [1.165, 1.54) is 30.2 Å². The number of hydrogen-bond donors (Lipinski definition) is 0. The molecule has 0 radical (unpaired) electrons. The lowest BCUT2D eigenvalue weighted by Gasteiger charge is -2.23. The molecule has 1 nitrogen and oxygen atoms in total. The second kappa shape index (κ2) is 8.93. The quantitative estimate of drug-likeness (QED) is 0.275. The molecule has 0 fully saturated rings. The first-order chi connectivity index (χ1) is 15.3. The molecular weight excluding hydrogens is 423 g/mol. The summed E-state index contributed by atoms with van der Waals surface area (Å²) >= 11 is 0. The van der Waals surface area contributed by atoms with Gasteiger partial charge in [-0.1, -0.05) is 50.1 Å². The van der Waals surface area contributed by atoms with Crippen molar-refractivity contribution < 1.29 is 26.7 Å². The first-order valence-electron chi connectivity index (χ1n) is 10.8. The standard InChI is InChI=1S/C26H23F5O/c1-2-3-4-5-16-6-12-20-18(14-16)9-13-21-22(20)15-23(27)24(25(21)28)17-7-10-19(11-8-17)32-26(29,30)31/h6-8,10-12,14-15H,2-5,9,13H2,1H3. The van der Waals surface area contributed by atoms with Crippen LogP contribution in [0.1, 0.15) is 42.9 Å². The molecule has 0 bridgehead atoms. The number of fused-ring (bicyclic) bond motifs is 3. The number of aryl methyl sites for hydroxylation is 2. The average molecular weight is 446 g/mol. The Bertz CT molecular complexity index is 1120. The molecule has 4 rings (SSSR count). The van der Waals surface area contributed by atoms with Gasteiger partial charge in [-0.05, 0) is 77.3 Å². The van der Waals surface area contributed by atoms with Crippen molar-refractivity contribution in [2.45, 2.75) is 51.8 Å². The topological polar surface area (TPSA) is 9.23 Å². The van der Waals surface area contributed by atoms with Crippen LogP contribution >= 0.6 is 0 Å². The van der Waals surface area contributed by atoms with Crippen molar-refractivity contribution in [3.8, 4) is 28.0 Å². The number of halogens is 5. The van der Waals surface area contributed by atoms with Crippen LogP contribution in [0.15, 0.2) is 48.5 Å². The lowest BCUT2D eigenvalue weighted by molar-refractivity contribution is -0.274. The van der Waals surface area contributed by atoms with Gasteiger partial charge in [0.05, 0.1) is 5.56 Å². The van der Waals surface area contributed by atoms with Crippen LogP contribution in [0.4, 0.5) is 22.0 Å². The number of hydrogen-bond acceptors (Lipinski definition) is 1. The van der Waals surface area contributed by atoms with Crippen molar-refractivity contribution >= 4 is 0 Å². The fourth-order valence-corrected chi connectivity index (χ4v) is 4.34. The molecule has 0 spiro atoms. The predicted octanol–water partition coefficient (Wildman–Crippen LogP) is 8.03. The van der Waals surface area contributed by atoms with E-state index in [2.05, 4.69) is 17.7 Å². The highest BCUT2D eigenvalue weighted by Crippen LogP contribution is 2.40. The first kappa shape index (κ1) is 22.3. The van der Waals surface area contributed by atoms with Gasteiger partial charge in [-0.25, -0.2) is 8.78 Å². The highest BCUT2D eigenvalue weighted by atomic mass is 19.4. The fourth-order valence-electron chi connectivity index (χ4n) is 4.34. The van der Waals surface area contributed by atoms with Crippen LogP contribution in [-0.4, -0.2) is 6.36 Å². The summed E-state index contributed by atoms with van der Waals surface area (Å²) in [6.07, 6.45) is 0.696. The van der Waals surface area contributed by atoms with E-state index in [1.54, 1.807) is 0 Å². The zero-order chi connectivity index (χ0) is 22.9. The summed E-state index contributed by atoms with van der Waals surface area (Å²) in [5.74, 6) is -1.85. The van der Waals surface area contributed by atoms with Crippen molar-refractivity contribution in [2.75, 3.05) is 0 Å². The van der Waals surface area contributed by atoms with E-state index in [1.807, 2.05) is 12.1 Å². The lowest BCUT2D eigenvalue weighted by atomic mass is 9.82. The highest BCUT2D eigenvalue weighted by molar-refractivity contribution is 5.78. The maximum absolute atomic E-state index is 15.4. The molecule has 0 aliphatic heterocycles. The molecule has 0 unspecified atom stereocenters. The van der Waals surface area contributed by atoms with Gasteiger partial charge in [0.25, 0.3) is 0 Å². The van der Waals surface area contributed by atoms with E-state index in [4.69, 9.17) is 0 Å². The lowest BCUT2D eigenvalue weighted by Crippen LogP contribution is -2.17. The van der Waals surface area contributed by atoms with Gasteiger partial charge in [0, 0.05) is 0 Å². The molecule has 0 amide bonds. The maximum atomic E-state index is 15.4. The molecule has 1 aliphatic rings. The molecule has 0 atom stereocenters. The van der Waals surface area contributed by atoms with Crippen LogP contribution in [-0.2, 0) is 19.3 Å². The van der Waals surface area contributed by atoms with Crippen LogP contribution in [0.5, 0.6) is 5.75 Å². The zero-order valence-electron chi connectivity index (χ0n) is 17.7. The van der Waals surface area contributed by atoms with E-state index in [-0.39, 0.29) is 11.1 Å². The summed E-state index contributed by atoms with van der Waals surface area (Å²) in [6.45, 7) is 2.16. The molecule has 0 saturated heterocycles. The molecule has 3 aromatic carbocycles. The smallest absolute Gasteiger partial charge is 0.406 e. The minimum atomic E-state index is -4.83. The monoisotopic (exact) mass is 446 g/mol. The molecule has 6 heteroatoms. The van der Waals surface area contributed by atoms with E-state index in [0.29, 0.717) is 24.0 Å². The molecule has 168 valence electrons. The molecule has 1 aliphatic carbocycles. The van der Waals surface area contributed by atoms with Gasteiger partial charge >= 0.3 is 6.36 Å². The van der Waals surface area contributed by atoms with Crippen molar-refractivity contribution in [1.29, 1.82) is 0 Å². The highest BCUT2D eigenvalue weighted by Gasteiger charge is 2.31. The van der Waals surface area contributed by atoms with E-state index in [0.717, 1.165) is 42.5 Å². The van der Waals surface area contributed by atoms with Crippen molar-refractivity contribution in [3.05, 3.63) is 76.9 Å². The summed E-state index contributed by atoms with van der Waals surface area (Å²) < 4.78 is 71.3. The Kier molecular flexibility index (Phi) is 6.22. The number of alkyl halides is 3. The summed E-state index contributed by atoms with van der Waals surface area (Å²) in [7, 11) is 0. The Morgan fingerprint density at radius 2 is 1.62 bits per heavy atom. The maximum Gasteiger partial charge on any atom is 0.573 e. The van der Waals surface area contributed by atoms with E-state index < -0.39 is 23.7 Å². The molecule has 32 heavy (non-hydrogen) atoms. The van der Waals surface area contributed by atoms with Crippen molar-refractivity contribution in [1.82, 2.24) is 0 Å². The second-order valence-corrected chi connectivity index (χ2v) is 8.09. The number of unbranched alkanes of at least 4 members (excludes halogenated alkanes) is 2. The van der Waals surface area contributed by atoms with Crippen LogP contribution in [0.2, 0.25) is 0 Å². The predicted molar refractivity (Wildman–Crippen MR) is 115 cm³/mol. The molecule has 0 N–H and O–H groups in total. The van der Waals surface area contributed by atoms with Crippen LogP contribution in [0, 0.1) is 11.6 Å². The zero-order valence-corrected chi connectivity index (χ0v) is 17.7. The Morgan fingerprint density at radius 1 is 0.875 bits per heavy atom. The minimum absolute atomic E-state index is 0.161. The second-order valence-electron chi connectivity index (χ2n) is 8.09. The summed E-state index contributed by atoms with van der Waals surface area (Å²) in [4.78, 5) is 0. The average Bonchev–Trinajstić information content (AvgIpc) is 2.74. The molecular formula is C26H23F5O. The Balaban J connectivity index is 1.67. The van der Waals surface area contributed by atoms with E-state index >= 15 is 8.78 Å². The summed E-state index contributed by atoms with van der Waals surface area (Å²) in [5, 5.41) is 0. The van der Waals surface area contributed by atoms with Crippen LogP contribution in [0.25, 0.3) is 22.3 Å². The minimum Gasteiger partial charge on any atom is -0.406 e. The fraction of sp³-hybridized carbons (Fsp3) is 0.308. The van der Waals surface area contributed by atoms with Crippen molar-refractivity contribution in [3.63, 3.8) is 0 Å². The van der Waals surface area contributed by atoms with Gasteiger partial charge in [-0.15, -0.1) is 13.2 Å². The Morgan fingerprint density at radius 3 is 2.31 bits per heavy atom.